The second-order valence-corrected chi connectivity index (χ2v) is 7.14. The van der Waals surface area contributed by atoms with E-state index in [9.17, 15) is 18.8 Å². The van der Waals surface area contributed by atoms with Crippen LogP contribution in [0.3, 0.4) is 0 Å². The molecule has 0 atom stereocenters. The van der Waals surface area contributed by atoms with Crippen LogP contribution >= 0.6 is 11.8 Å². The molecule has 8 heteroatoms. The fourth-order valence-corrected chi connectivity index (χ4v) is 3.14. The van der Waals surface area contributed by atoms with Crippen LogP contribution in [0, 0.1) is 5.82 Å². The first-order chi connectivity index (χ1) is 14.0. The molecule has 0 saturated heterocycles. The van der Waals surface area contributed by atoms with Gasteiger partial charge in [0.15, 0.2) is 6.61 Å². The number of rotatable bonds is 10. The van der Waals surface area contributed by atoms with Crippen LogP contribution in [0.15, 0.2) is 53.4 Å². The Hall–Kier alpha value is -2.87. The van der Waals surface area contributed by atoms with Gasteiger partial charge in [-0.2, -0.15) is 0 Å². The molecule has 0 unspecified atom stereocenters. The summed E-state index contributed by atoms with van der Waals surface area (Å²) in [6.45, 7) is 2.20. The van der Waals surface area contributed by atoms with E-state index in [0.29, 0.717) is 17.1 Å². The molecule has 0 fully saturated rings. The Kier molecular flexibility index (Phi) is 9.17. The first-order valence-electron chi connectivity index (χ1n) is 9.20. The SMILES string of the molecule is CCCCNC(=O)COC(=O)c1ccccc1SCC(=O)Nc1ccc(F)cc1. The molecule has 0 spiro atoms. The molecule has 6 nitrogen and oxygen atoms in total. The third-order valence-electron chi connectivity index (χ3n) is 3.78. The number of carbonyl (C=O) groups excluding carboxylic acids is 3. The van der Waals surface area contributed by atoms with Crippen molar-refractivity contribution in [1.29, 1.82) is 0 Å². The summed E-state index contributed by atoms with van der Waals surface area (Å²) in [5, 5.41) is 5.33. The second kappa shape index (κ2) is 11.9. The predicted molar refractivity (Wildman–Crippen MR) is 110 cm³/mol. The summed E-state index contributed by atoms with van der Waals surface area (Å²) >= 11 is 1.17. The van der Waals surface area contributed by atoms with E-state index in [2.05, 4.69) is 10.6 Å². The van der Waals surface area contributed by atoms with Crippen LogP contribution in [0.25, 0.3) is 0 Å². The largest absolute Gasteiger partial charge is 0.452 e. The van der Waals surface area contributed by atoms with Crippen molar-refractivity contribution in [3.05, 3.63) is 59.9 Å². The zero-order valence-corrected chi connectivity index (χ0v) is 16.9. The van der Waals surface area contributed by atoms with Gasteiger partial charge in [0.25, 0.3) is 5.91 Å². The van der Waals surface area contributed by atoms with Crippen molar-refractivity contribution in [3.63, 3.8) is 0 Å². The highest BCUT2D eigenvalue weighted by Gasteiger charge is 2.15. The number of nitrogens with one attached hydrogen (secondary N) is 2. The lowest BCUT2D eigenvalue weighted by Crippen LogP contribution is -2.29. The maximum absolute atomic E-state index is 12.9. The number of thioether (sulfide) groups is 1. The van der Waals surface area contributed by atoms with E-state index in [-0.39, 0.29) is 35.6 Å². The van der Waals surface area contributed by atoms with Crippen molar-refractivity contribution in [1.82, 2.24) is 5.32 Å². The lowest BCUT2D eigenvalue weighted by atomic mass is 10.2. The fraction of sp³-hybridized carbons (Fsp3) is 0.286. The number of ether oxygens (including phenoxy) is 1. The van der Waals surface area contributed by atoms with E-state index in [1.165, 1.54) is 36.0 Å². The van der Waals surface area contributed by atoms with E-state index in [1.54, 1.807) is 24.3 Å². The molecule has 0 bridgehead atoms. The maximum atomic E-state index is 12.9. The van der Waals surface area contributed by atoms with Gasteiger partial charge in [0.1, 0.15) is 5.82 Å². The molecule has 29 heavy (non-hydrogen) atoms. The molecule has 0 aliphatic carbocycles. The third kappa shape index (κ3) is 7.95. The maximum Gasteiger partial charge on any atom is 0.339 e. The van der Waals surface area contributed by atoms with Gasteiger partial charge >= 0.3 is 5.97 Å². The van der Waals surface area contributed by atoms with Gasteiger partial charge in [0.05, 0.1) is 11.3 Å². The number of halogens is 1. The number of hydrogen-bond acceptors (Lipinski definition) is 5. The average molecular weight is 418 g/mol. The Morgan fingerprint density at radius 2 is 1.76 bits per heavy atom. The van der Waals surface area contributed by atoms with Crippen LogP contribution in [0.4, 0.5) is 10.1 Å². The van der Waals surface area contributed by atoms with Gasteiger partial charge in [-0.25, -0.2) is 9.18 Å². The average Bonchev–Trinajstić information content (AvgIpc) is 2.72. The van der Waals surface area contributed by atoms with E-state index in [4.69, 9.17) is 4.74 Å². The Bertz CT molecular complexity index is 843. The summed E-state index contributed by atoms with van der Waals surface area (Å²) in [5.41, 5.74) is 0.771. The minimum Gasteiger partial charge on any atom is -0.452 e. The van der Waals surface area contributed by atoms with Gasteiger partial charge in [0.2, 0.25) is 5.91 Å². The van der Waals surface area contributed by atoms with Crippen molar-refractivity contribution < 1.29 is 23.5 Å². The van der Waals surface area contributed by atoms with Crippen LogP contribution in [0.5, 0.6) is 0 Å². The van der Waals surface area contributed by atoms with E-state index < -0.39 is 5.97 Å². The van der Waals surface area contributed by atoms with Crippen molar-refractivity contribution in [2.45, 2.75) is 24.7 Å². The molecule has 0 heterocycles. The molecule has 2 rings (SSSR count). The Morgan fingerprint density at radius 3 is 2.48 bits per heavy atom. The zero-order chi connectivity index (χ0) is 21.1. The first-order valence-corrected chi connectivity index (χ1v) is 10.2. The molecule has 0 radical (unpaired) electrons. The smallest absolute Gasteiger partial charge is 0.339 e. The predicted octanol–water partition coefficient (Wildman–Crippen LogP) is 3.63. The van der Waals surface area contributed by atoms with Gasteiger partial charge < -0.3 is 15.4 Å². The number of carbonyl (C=O) groups is 3. The number of esters is 1. The topological polar surface area (TPSA) is 84.5 Å². The fourth-order valence-electron chi connectivity index (χ4n) is 2.30. The quantitative estimate of drug-likeness (QED) is 0.350. The standard InChI is InChI=1S/C21H23FN2O4S/c1-2-3-12-23-19(25)13-28-21(27)17-6-4-5-7-18(17)29-14-20(26)24-16-10-8-15(22)9-11-16/h4-11H,2-3,12-14H2,1H3,(H,23,25)(H,24,26). The van der Waals surface area contributed by atoms with Crippen LogP contribution in [0.2, 0.25) is 0 Å². The highest BCUT2D eigenvalue weighted by atomic mass is 32.2. The van der Waals surface area contributed by atoms with Gasteiger partial charge in [-0.15, -0.1) is 11.8 Å². The summed E-state index contributed by atoms with van der Waals surface area (Å²) < 4.78 is 18.0. The summed E-state index contributed by atoms with van der Waals surface area (Å²) in [6.07, 6.45) is 1.82. The van der Waals surface area contributed by atoms with Crippen molar-refractivity contribution in [3.8, 4) is 0 Å². The lowest BCUT2D eigenvalue weighted by molar-refractivity contribution is -0.124. The van der Waals surface area contributed by atoms with Crippen molar-refractivity contribution in [2.24, 2.45) is 0 Å². The number of hydrogen-bond donors (Lipinski definition) is 2. The molecular formula is C21H23FN2O4S. The first kappa shape index (κ1) is 22.4. The van der Waals surface area contributed by atoms with E-state index >= 15 is 0 Å². The molecule has 0 saturated carbocycles. The molecule has 2 amide bonds. The summed E-state index contributed by atoms with van der Waals surface area (Å²) in [6, 6.07) is 12.2. The number of unbranched alkanes of at least 4 members (excludes halogenated alkanes) is 1. The molecule has 0 aliphatic rings. The van der Waals surface area contributed by atoms with Crippen molar-refractivity contribution in [2.75, 3.05) is 24.2 Å². The molecule has 0 aromatic heterocycles. The molecule has 154 valence electrons. The molecule has 2 aromatic carbocycles. The Balaban J connectivity index is 1.87. The number of benzene rings is 2. The van der Waals surface area contributed by atoms with E-state index in [1.807, 2.05) is 6.92 Å². The highest BCUT2D eigenvalue weighted by Crippen LogP contribution is 2.23. The zero-order valence-electron chi connectivity index (χ0n) is 16.1. The van der Waals surface area contributed by atoms with Gasteiger partial charge in [-0.3, -0.25) is 9.59 Å². The normalized spacial score (nSPS) is 10.3. The van der Waals surface area contributed by atoms with Gasteiger partial charge in [0, 0.05) is 17.1 Å². The Labute approximate surface area is 173 Å². The molecular weight excluding hydrogens is 395 g/mol. The summed E-state index contributed by atoms with van der Waals surface area (Å²) in [7, 11) is 0. The highest BCUT2D eigenvalue weighted by molar-refractivity contribution is 8.00. The summed E-state index contributed by atoms with van der Waals surface area (Å²) in [4.78, 5) is 36.7. The van der Waals surface area contributed by atoms with Crippen LogP contribution in [-0.2, 0) is 14.3 Å². The van der Waals surface area contributed by atoms with Crippen LogP contribution < -0.4 is 10.6 Å². The van der Waals surface area contributed by atoms with E-state index in [0.717, 1.165) is 12.8 Å². The minimum absolute atomic E-state index is 0.0547. The van der Waals surface area contributed by atoms with Gasteiger partial charge in [-0.05, 0) is 42.8 Å². The van der Waals surface area contributed by atoms with Crippen LogP contribution in [-0.4, -0.2) is 36.7 Å². The van der Waals surface area contributed by atoms with Crippen molar-refractivity contribution >= 4 is 35.2 Å². The minimum atomic E-state index is -0.627. The second-order valence-electron chi connectivity index (χ2n) is 6.12. The van der Waals surface area contributed by atoms with Gasteiger partial charge in [-0.1, -0.05) is 25.5 Å². The number of anilines is 1. The molecule has 0 aliphatic heterocycles. The third-order valence-corrected chi connectivity index (χ3v) is 4.85. The summed E-state index contributed by atoms with van der Waals surface area (Å²) in [5.74, 6) is -1.60. The Morgan fingerprint density at radius 1 is 1.03 bits per heavy atom. The molecule has 2 aromatic rings. The lowest BCUT2D eigenvalue weighted by Gasteiger charge is -2.10. The molecule has 2 N–H and O–H groups in total. The van der Waals surface area contributed by atoms with Crippen LogP contribution in [0.1, 0.15) is 30.1 Å². The monoisotopic (exact) mass is 418 g/mol. The number of amides is 2.